The predicted octanol–water partition coefficient (Wildman–Crippen LogP) is 3.01. The third-order valence-corrected chi connectivity index (χ3v) is 5.40. The summed E-state index contributed by atoms with van der Waals surface area (Å²) in [6.45, 7) is 1.99. The van der Waals surface area contributed by atoms with Gasteiger partial charge in [-0.15, -0.1) is 0 Å². The molecule has 1 saturated carbocycles. The van der Waals surface area contributed by atoms with Crippen LogP contribution in [0.1, 0.15) is 47.7 Å². The van der Waals surface area contributed by atoms with Crippen molar-refractivity contribution in [3.8, 4) is 0 Å². The fourth-order valence-corrected chi connectivity index (χ4v) is 3.45. The van der Waals surface area contributed by atoms with E-state index in [-0.39, 0.29) is 24.0 Å². The van der Waals surface area contributed by atoms with Crippen LogP contribution in [0, 0.1) is 5.92 Å². The molecule has 144 valence electrons. The standard InChI is InChI=1S/C22H22N2O4/c1-2-13-3-10-18-17(11-13)22(28,21(27)24-18)12-19(25)14-6-8-16(9-7-14)23-20(26)15-4-5-15/h3,6-11,15,28H,2,4-5,12H2,1H3,(H,23,26)(H,24,27)/t22-/m0/s1. The fraction of sp³-hybridized carbons (Fsp3) is 0.318. The Morgan fingerprint density at radius 3 is 2.54 bits per heavy atom. The molecule has 1 fully saturated rings. The van der Waals surface area contributed by atoms with Gasteiger partial charge in [0.05, 0.1) is 6.42 Å². The number of carbonyl (C=O) groups excluding carboxylic acids is 3. The third-order valence-electron chi connectivity index (χ3n) is 5.40. The number of nitrogens with one attached hydrogen (secondary N) is 2. The lowest BCUT2D eigenvalue weighted by Gasteiger charge is -2.20. The molecule has 1 heterocycles. The Balaban J connectivity index is 1.51. The van der Waals surface area contributed by atoms with Crippen molar-refractivity contribution in [1.29, 1.82) is 0 Å². The van der Waals surface area contributed by atoms with Gasteiger partial charge in [-0.25, -0.2) is 0 Å². The van der Waals surface area contributed by atoms with Gasteiger partial charge in [-0.3, -0.25) is 14.4 Å². The lowest BCUT2D eigenvalue weighted by atomic mass is 9.87. The molecule has 2 amide bonds. The van der Waals surface area contributed by atoms with E-state index in [1.54, 1.807) is 36.4 Å². The number of anilines is 2. The molecule has 4 rings (SSSR count). The van der Waals surface area contributed by atoms with Crippen molar-refractivity contribution in [3.05, 3.63) is 59.2 Å². The first-order chi connectivity index (χ1) is 13.4. The minimum Gasteiger partial charge on any atom is -0.375 e. The van der Waals surface area contributed by atoms with Crippen LogP contribution in [0.3, 0.4) is 0 Å². The molecule has 1 atom stereocenters. The number of Topliss-reactive ketones (excluding diaryl/α,β-unsaturated/α-hetero) is 1. The van der Waals surface area contributed by atoms with E-state index in [2.05, 4.69) is 10.6 Å². The van der Waals surface area contributed by atoms with Gasteiger partial charge >= 0.3 is 0 Å². The minimum absolute atomic E-state index is 0.000602. The molecule has 6 nitrogen and oxygen atoms in total. The normalized spacial score (nSPS) is 20.4. The maximum atomic E-state index is 12.7. The maximum Gasteiger partial charge on any atom is 0.261 e. The maximum absolute atomic E-state index is 12.7. The average Bonchev–Trinajstić information content (AvgIpc) is 3.50. The van der Waals surface area contributed by atoms with Crippen molar-refractivity contribution in [1.82, 2.24) is 0 Å². The lowest BCUT2D eigenvalue weighted by Crippen LogP contribution is -2.36. The van der Waals surface area contributed by atoms with Crippen LogP contribution in [0.25, 0.3) is 0 Å². The van der Waals surface area contributed by atoms with Crippen LogP contribution in [-0.2, 0) is 21.6 Å². The minimum atomic E-state index is -1.88. The van der Waals surface area contributed by atoms with E-state index in [1.807, 2.05) is 13.0 Å². The molecule has 1 aliphatic carbocycles. The second-order valence-electron chi connectivity index (χ2n) is 7.49. The molecule has 2 aromatic rings. The number of benzene rings is 2. The number of amides is 2. The summed E-state index contributed by atoms with van der Waals surface area (Å²) in [5.41, 5.74) is 1.09. The number of hydrogen-bond acceptors (Lipinski definition) is 4. The van der Waals surface area contributed by atoms with Gasteiger partial charge in [-0.2, -0.15) is 0 Å². The third kappa shape index (κ3) is 3.31. The fourth-order valence-electron chi connectivity index (χ4n) is 3.45. The van der Waals surface area contributed by atoms with Crippen LogP contribution in [0.4, 0.5) is 11.4 Å². The highest BCUT2D eigenvalue weighted by molar-refractivity contribution is 6.09. The van der Waals surface area contributed by atoms with E-state index in [0.29, 0.717) is 22.5 Å². The Labute approximate surface area is 163 Å². The van der Waals surface area contributed by atoms with Crippen LogP contribution < -0.4 is 10.6 Å². The van der Waals surface area contributed by atoms with Crippen LogP contribution >= 0.6 is 0 Å². The molecule has 3 N–H and O–H groups in total. The van der Waals surface area contributed by atoms with E-state index in [9.17, 15) is 19.5 Å². The second-order valence-corrected chi connectivity index (χ2v) is 7.49. The molecule has 2 aliphatic rings. The molecule has 0 spiro atoms. The highest BCUT2D eigenvalue weighted by atomic mass is 16.3. The molecule has 28 heavy (non-hydrogen) atoms. The molecule has 0 aromatic heterocycles. The Kier molecular flexibility index (Phi) is 4.51. The van der Waals surface area contributed by atoms with Gasteiger partial charge in [-0.1, -0.05) is 19.1 Å². The molecule has 0 unspecified atom stereocenters. The van der Waals surface area contributed by atoms with E-state index >= 15 is 0 Å². The van der Waals surface area contributed by atoms with Gasteiger partial charge in [0, 0.05) is 28.4 Å². The van der Waals surface area contributed by atoms with Crippen molar-refractivity contribution in [3.63, 3.8) is 0 Å². The Bertz CT molecular complexity index is 963. The monoisotopic (exact) mass is 378 g/mol. The molecular weight excluding hydrogens is 356 g/mol. The number of hydrogen-bond donors (Lipinski definition) is 3. The van der Waals surface area contributed by atoms with Gasteiger partial charge < -0.3 is 15.7 Å². The number of aryl methyl sites for hydroxylation is 1. The molecular formula is C22H22N2O4. The summed E-state index contributed by atoms with van der Waals surface area (Å²) in [4.78, 5) is 37.0. The van der Waals surface area contributed by atoms with Crippen molar-refractivity contribution in [2.24, 2.45) is 5.92 Å². The Morgan fingerprint density at radius 2 is 1.89 bits per heavy atom. The Hall–Kier alpha value is -2.99. The van der Waals surface area contributed by atoms with Crippen LogP contribution in [-0.4, -0.2) is 22.7 Å². The molecule has 0 saturated heterocycles. The highest BCUT2D eigenvalue weighted by Gasteiger charge is 2.46. The predicted molar refractivity (Wildman–Crippen MR) is 105 cm³/mol. The van der Waals surface area contributed by atoms with E-state index in [1.165, 1.54) is 0 Å². The van der Waals surface area contributed by atoms with Crippen molar-refractivity contribution >= 4 is 29.0 Å². The molecule has 0 radical (unpaired) electrons. The summed E-state index contributed by atoms with van der Waals surface area (Å²) in [6.07, 6.45) is 2.26. The summed E-state index contributed by atoms with van der Waals surface area (Å²) < 4.78 is 0. The van der Waals surface area contributed by atoms with Crippen LogP contribution in [0.15, 0.2) is 42.5 Å². The quantitative estimate of drug-likeness (QED) is 0.674. The molecule has 1 aliphatic heterocycles. The van der Waals surface area contributed by atoms with Crippen LogP contribution in [0.5, 0.6) is 0 Å². The molecule has 6 heteroatoms. The van der Waals surface area contributed by atoms with Crippen molar-refractivity contribution in [2.75, 3.05) is 10.6 Å². The number of carbonyl (C=O) groups is 3. The van der Waals surface area contributed by atoms with Gasteiger partial charge in [0.15, 0.2) is 11.4 Å². The first-order valence-corrected chi connectivity index (χ1v) is 9.52. The average molecular weight is 378 g/mol. The molecule has 0 bridgehead atoms. The van der Waals surface area contributed by atoms with Crippen molar-refractivity contribution < 1.29 is 19.5 Å². The number of aliphatic hydroxyl groups is 1. The van der Waals surface area contributed by atoms with Gasteiger partial charge in [-0.05, 0) is 55.2 Å². The van der Waals surface area contributed by atoms with Gasteiger partial charge in [0.25, 0.3) is 5.91 Å². The zero-order valence-electron chi connectivity index (χ0n) is 15.6. The summed E-state index contributed by atoms with van der Waals surface area (Å²) >= 11 is 0. The largest absolute Gasteiger partial charge is 0.375 e. The summed E-state index contributed by atoms with van der Waals surface area (Å²) in [5.74, 6) is -0.825. The van der Waals surface area contributed by atoms with Gasteiger partial charge in [0.1, 0.15) is 0 Å². The zero-order chi connectivity index (χ0) is 19.9. The van der Waals surface area contributed by atoms with Crippen molar-refractivity contribution in [2.45, 2.75) is 38.2 Å². The summed E-state index contributed by atoms with van der Waals surface area (Å²) in [6, 6.07) is 11.9. The van der Waals surface area contributed by atoms with Crippen LogP contribution in [0.2, 0.25) is 0 Å². The SMILES string of the molecule is CCc1ccc2c(c1)[C@@](O)(CC(=O)c1ccc(NC(=O)C3CC3)cc1)C(=O)N2. The van der Waals surface area contributed by atoms with E-state index < -0.39 is 11.5 Å². The second kappa shape index (κ2) is 6.87. The smallest absolute Gasteiger partial charge is 0.261 e. The summed E-state index contributed by atoms with van der Waals surface area (Å²) in [7, 11) is 0. The molecule has 2 aromatic carbocycles. The topological polar surface area (TPSA) is 95.5 Å². The van der Waals surface area contributed by atoms with E-state index in [4.69, 9.17) is 0 Å². The number of rotatable bonds is 6. The highest BCUT2D eigenvalue weighted by Crippen LogP contribution is 2.39. The summed E-state index contributed by atoms with van der Waals surface area (Å²) in [5, 5.41) is 16.5. The van der Waals surface area contributed by atoms with Gasteiger partial charge in [0.2, 0.25) is 5.91 Å². The first-order valence-electron chi connectivity index (χ1n) is 9.52. The number of ketones is 1. The Morgan fingerprint density at radius 1 is 1.18 bits per heavy atom. The number of fused-ring (bicyclic) bond motifs is 1. The first kappa shape index (κ1) is 18.4. The lowest BCUT2D eigenvalue weighted by molar-refractivity contribution is -0.133. The zero-order valence-corrected chi connectivity index (χ0v) is 15.6. The van der Waals surface area contributed by atoms with E-state index in [0.717, 1.165) is 24.8 Å².